The zero-order valence-electron chi connectivity index (χ0n) is 7.71. The SMILES string of the molecule is COC(=O)c1[nH]c(=O)cc(C(F)F)c1N. The maximum Gasteiger partial charge on any atom is 0.356 e. The molecule has 0 radical (unpaired) electrons. The number of esters is 1. The fourth-order valence-corrected chi connectivity index (χ4v) is 1.03. The lowest BCUT2D eigenvalue weighted by molar-refractivity contribution is 0.0594. The summed E-state index contributed by atoms with van der Waals surface area (Å²) in [5, 5.41) is 0. The summed E-state index contributed by atoms with van der Waals surface area (Å²) in [6, 6.07) is 0.645. The van der Waals surface area contributed by atoms with Crippen molar-refractivity contribution in [1.82, 2.24) is 4.98 Å². The van der Waals surface area contributed by atoms with Crippen LogP contribution in [0.3, 0.4) is 0 Å². The predicted molar refractivity (Wildman–Crippen MR) is 47.8 cm³/mol. The number of rotatable bonds is 2. The van der Waals surface area contributed by atoms with Crippen LogP contribution < -0.4 is 11.3 Å². The smallest absolute Gasteiger partial charge is 0.356 e. The third kappa shape index (κ3) is 2.12. The Kier molecular flexibility index (Phi) is 3.03. The Morgan fingerprint density at radius 3 is 2.67 bits per heavy atom. The van der Waals surface area contributed by atoms with Gasteiger partial charge >= 0.3 is 5.97 Å². The molecule has 15 heavy (non-hydrogen) atoms. The zero-order chi connectivity index (χ0) is 11.6. The summed E-state index contributed by atoms with van der Waals surface area (Å²) in [4.78, 5) is 24.0. The van der Waals surface area contributed by atoms with E-state index in [1.807, 2.05) is 4.98 Å². The fraction of sp³-hybridized carbons (Fsp3) is 0.250. The molecule has 0 aromatic carbocycles. The Morgan fingerprint density at radius 2 is 2.20 bits per heavy atom. The molecule has 0 fully saturated rings. The first-order valence-corrected chi connectivity index (χ1v) is 3.86. The largest absolute Gasteiger partial charge is 0.464 e. The lowest BCUT2D eigenvalue weighted by Crippen LogP contribution is -2.18. The molecule has 1 rings (SSSR count). The summed E-state index contributed by atoms with van der Waals surface area (Å²) in [6.07, 6.45) is -2.92. The molecule has 0 amide bonds. The molecule has 5 nitrogen and oxygen atoms in total. The van der Waals surface area contributed by atoms with E-state index in [1.165, 1.54) is 0 Å². The topological polar surface area (TPSA) is 85.2 Å². The van der Waals surface area contributed by atoms with E-state index in [0.717, 1.165) is 7.11 Å². The summed E-state index contributed by atoms with van der Waals surface area (Å²) in [7, 11) is 1.05. The van der Waals surface area contributed by atoms with Crippen LogP contribution in [0.25, 0.3) is 0 Å². The Bertz CT molecular complexity index is 442. The van der Waals surface area contributed by atoms with Gasteiger partial charge in [-0.25, -0.2) is 13.6 Å². The van der Waals surface area contributed by atoms with Gasteiger partial charge in [0.2, 0.25) is 5.56 Å². The molecule has 0 saturated heterocycles. The number of aromatic amines is 1. The summed E-state index contributed by atoms with van der Waals surface area (Å²) < 4.78 is 29.0. The number of hydrogen-bond donors (Lipinski definition) is 2. The van der Waals surface area contributed by atoms with Gasteiger partial charge in [0.1, 0.15) is 0 Å². The van der Waals surface area contributed by atoms with Crippen molar-refractivity contribution in [2.75, 3.05) is 12.8 Å². The van der Waals surface area contributed by atoms with Crippen LogP contribution in [0.15, 0.2) is 10.9 Å². The summed E-state index contributed by atoms with van der Waals surface area (Å²) >= 11 is 0. The standard InChI is InChI=1S/C8H8F2N2O3/c1-15-8(14)6-5(11)3(7(9)10)2-4(13)12-6/h2,7H,11H2,1H3,(H,12,13). The van der Waals surface area contributed by atoms with Crippen molar-refractivity contribution < 1.29 is 18.3 Å². The molecule has 0 aliphatic heterocycles. The predicted octanol–water partition coefficient (Wildman–Crippen LogP) is 0.681. The molecule has 1 aromatic heterocycles. The maximum atomic E-state index is 12.4. The highest BCUT2D eigenvalue weighted by molar-refractivity contribution is 5.93. The minimum absolute atomic E-state index is 0.458. The van der Waals surface area contributed by atoms with E-state index in [1.54, 1.807) is 0 Å². The monoisotopic (exact) mass is 218 g/mol. The number of anilines is 1. The Labute approximate surface area is 82.9 Å². The van der Waals surface area contributed by atoms with E-state index in [-0.39, 0.29) is 0 Å². The summed E-state index contributed by atoms with van der Waals surface area (Å²) in [5.74, 6) is -0.966. The first kappa shape index (κ1) is 11.2. The molecule has 7 heteroatoms. The molecule has 0 atom stereocenters. The van der Waals surface area contributed by atoms with Gasteiger partial charge in [-0.05, 0) is 0 Å². The Morgan fingerprint density at radius 1 is 1.60 bits per heavy atom. The van der Waals surface area contributed by atoms with Crippen molar-refractivity contribution in [3.8, 4) is 0 Å². The number of nitrogen functional groups attached to an aromatic ring is 1. The highest BCUT2D eigenvalue weighted by Crippen LogP contribution is 2.25. The number of carbonyl (C=O) groups is 1. The first-order chi connectivity index (χ1) is 6.97. The van der Waals surface area contributed by atoms with E-state index in [0.29, 0.717) is 6.07 Å². The number of halogens is 2. The van der Waals surface area contributed by atoms with Crippen LogP contribution in [-0.4, -0.2) is 18.1 Å². The molecule has 0 bridgehead atoms. The van der Waals surface area contributed by atoms with Gasteiger partial charge in [0.15, 0.2) is 5.69 Å². The van der Waals surface area contributed by atoms with Crippen LogP contribution in [0, 0.1) is 0 Å². The molecule has 0 unspecified atom stereocenters. The van der Waals surface area contributed by atoms with Gasteiger partial charge in [-0.15, -0.1) is 0 Å². The minimum atomic E-state index is -2.92. The number of ether oxygens (including phenoxy) is 1. The van der Waals surface area contributed by atoms with Crippen LogP contribution in [0.1, 0.15) is 22.5 Å². The molecule has 0 aliphatic carbocycles. The molecule has 0 saturated carbocycles. The number of H-pyrrole nitrogens is 1. The van der Waals surface area contributed by atoms with Gasteiger partial charge in [-0.3, -0.25) is 4.79 Å². The van der Waals surface area contributed by atoms with Crippen molar-refractivity contribution >= 4 is 11.7 Å². The van der Waals surface area contributed by atoms with E-state index >= 15 is 0 Å². The second kappa shape index (κ2) is 4.07. The average Bonchev–Trinajstić information content (AvgIpc) is 2.19. The number of aromatic nitrogens is 1. The maximum absolute atomic E-state index is 12.4. The quantitative estimate of drug-likeness (QED) is 0.715. The second-order valence-electron chi connectivity index (χ2n) is 2.67. The summed E-state index contributed by atoms with van der Waals surface area (Å²) in [6.45, 7) is 0. The molecular formula is C8H8F2N2O3. The minimum Gasteiger partial charge on any atom is -0.464 e. The molecule has 3 N–H and O–H groups in total. The van der Waals surface area contributed by atoms with Crippen molar-refractivity contribution in [2.24, 2.45) is 0 Å². The van der Waals surface area contributed by atoms with Gasteiger partial charge in [0.25, 0.3) is 6.43 Å². The first-order valence-electron chi connectivity index (χ1n) is 3.86. The number of alkyl halides is 2. The fourth-order valence-electron chi connectivity index (χ4n) is 1.03. The van der Waals surface area contributed by atoms with Crippen LogP contribution in [0.2, 0.25) is 0 Å². The lowest BCUT2D eigenvalue weighted by atomic mass is 10.2. The van der Waals surface area contributed by atoms with Gasteiger partial charge in [0, 0.05) is 11.6 Å². The highest BCUT2D eigenvalue weighted by atomic mass is 19.3. The number of pyridine rings is 1. The average molecular weight is 218 g/mol. The molecule has 1 aromatic rings. The van der Waals surface area contributed by atoms with Crippen molar-refractivity contribution in [1.29, 1.82) is 0 Å². The normalized spacial score (nSPS) is 10.4. The van der Waals surface area contributed by atoms with E-state index < -0.39 is 34.9 Å². The third-order valence-electron chi connectivity index (χ3n) is 1.74. The second-order valence-corrected chi connectivity index (χ2v) is 2.67. The molecule has 0 spiro atoms. The van der Waals surface area contributed by atoms with Gasteiger partial charge in [-0.1, -0.05) is 0 Å². The zero-order valence-corrected chi connectivity index (χ0v) is 7.71. The number of nitrogens with one attached hydrogen (secondary N) is 1. The third-order valence-corrected chi connectivity index (χ3v) is 1.74. The number of nitrogens with two attached hydrogens (primary N) is 1. The Balaban J connectivity index is 3.41. The highest BCUT2D eigenvalue weighted by Gasteiger charge is 2.20. The van der Waals surface area contributed by atoms with E-state index in [2.05, 4.69) is 4.74 Å². The lowest BCUT2D eigenvalue weighted by Gasteiger charge is -2.07. The molecule has 1 heterocycles. The van der Waals surface area contributed by atoms with Gasteiger partial charge in [0.05, 0.1) is 12.8 Å². The number of hydrogen-bond acceptors (Lipinski definition) is 4. The molecular weight excluding hydrogens is 210 g/mol. The Hall–Kier alpha value is -1.92. The van der Waals surface area contributed by atoms with Crippen molar-refractivity contribution in [3.63, 3.8) is 0 Å². The number of carbonyl (C=O) groups excluding carboxylic acids is 1. The van der Waals surface area contributed by atoms with Gasteiger partial charge < -0.3 is 15.5 Å². The number of methoxy groups -OCH3 is 1. The van der Waals surface area contributed by atoms with Crippen LogP contribution >= 0.6 is 0 Å². The van der Waals surface area contributed by atoms with E-state index in [4.69, 9.17) is 5.73 Å². The van der Waals surface area contributed by atoms with Crippen LogP contribution in [-0.2, 0) is 4.74 Å². The van der Waals surface area contributed by atoms with Crippen LogP contribution in [0.5, 0.6) is 0 Å². The molecule has 82 valence electrons. The van der Waals surface area contributed by atoms with Gasteiger partial charge in [-0.2, -0.15) is 0 Å². The van der Waals surface area contributed by atoms with E-state index in [9.17, 15) is 18.4 Å². The van der Waals surface area contributed by atoms with Crippen molar-refractivity contribution in [3.05, 3.63) is 27.7 Å². The van der Waals surface area contributed by atoms with Crippen LogP contribution in [0.4, 0.5) is 14.5 Å². The summed E-state index contributed by atoms with van der Waals surface area (Å²) in [5.41, 5.74) is 2.83. The molecule has 0 aliphatic rings. The van der Waals surface area contributed by atoms with Crippen molar-refractivity contribution in [2.45, 2.75) is 6.43 Å².